The topological polar surface area (TPSA) is 268 Å². The molecule has 55 heavy (non-hydrogen) atoms. The van der Waals surface area contributed by atoms with Crippen LogP contribution in [0.5, 0.6) is 0 Å². The Balaban J connectivity index is 0.000000169. The number of Topliss-reactive ketones (excluding diaryl/α,β-unsaturated/α-hetero) is 2. The van der Waals surface area contributed by atoms with E-state index in [0.29, 0.717) is 48.6 Å². The fraction of sp³-hybridized carbons (Fsp3) is 0.459. The molecule has 4 aromatic rings. The Morgan fingerprint density at radius 1 is 0.800 bits per heavy atom. The van der Waals surface area contributed by atoms with Gasteiger partial charge in [0.25, 0.3) is 20.0 Å². The lowest BCUT2D eigenvalue weighted by molar-refractivity contribution is -0.116. The second-order valence-electron chi connectivity index (χ2n) is 14.9. The molecule has 18 heteroatoms. The number of benzene rings is 1. The van der Waals surface area contributed by atoms with Crippen molar-refractivity contribution in [1.29, 1.82) is 0 Å². The van der Waals surface area contributed by atoms with Gasteiger partial charge < -0.3 is 23.5 Å². The van der Waals surface area contributed by atoms with Gasteiger partial charge >= 0.3 is 0 Å². The van der Waals surface area contributed by atoms with Gasteiger partial charge in [-0.05, 0) is 98.8 Å². The molecule has 6 N–H and O–H groups in total. The maximum absolute atomic E-state index is 12.9. The van der Waals surface area contributed by atoms with E-state index in [0.717, 1.165) is 37.2 Å². The predicted octanol–water partition coefficient (Wildman–Crippen LogP) is 3.89. The van der Waals surface area contributed by atoms with Crippen LogP contribution in [0, 0.1) is 5.92 Å². The number of hydrogen-bond acceptors (Lipinski definition) is 13. The molecule has 0 bridgehead atoms. The molecular formula is C37H44N2O13S3. The molecule has 4 aliphatic carbocycles. The molecule has 3 fully saturated rings. The molecule has 0 unspecified atom stereocenters. The lowest BCUT2D eigenvalue weighted by Crippen LogP contribution is -2.20. The SMILES string of the molecule is CC(=O)c1coc(S(N)(=O)=O)c1.C[C@@H](c1ccc2c(c1CC(=O)CS(=O)(=O)c1cc(C3(O)CC3)co1)CCC2)C1CC1.NS(=O)(=O)c1cc(C2(O)CC2)co1. The van der Waals surface area contributed by atoms with Crippen molar-refractivity contribution in [2.24, 2.45) is 16.2 Å². The lowest BCUT2D eigenvalue weighted by atomic mass is 9.86. The van der Waals surface area contributed by atoms with Gasteiger partial charge in [0.1, 0.15) is 12.0 Å². The predicted molar refractivity (Wildman–Crippen MR) is 196 cm³/mol. The normalized spacial score (nSPS) is 18.6. The highest BCUT2D eigenvalue weighted by Crippen LogP contribution is 2.47. The van der Waals surface area contributed by atoms with Crippen molar-refractivity contribution in [2.75, 3.05) is 5.75 Å². The summed E-state index contributed by atoms with van der Waals surface area (Å²) in [5, 5.41) is 28.4. The zero-order valence-electron chi connectivity index (χ0n) is 30.3. The van der Waals surface area contributed by atoms with Crippen LogP contribution in [0.1, 0.15) is 108 Å². The van der Waals surface area contributed by atoms with Gasteiger partial charge in [0.15, 0.2) is 11.6 Å². The van der Waals surface area contributed by atoms with Crippen LogP contribution in [-0.2, 0) is 65.1 Å². The number of carbonyl (C=O) groups is 2. The van der Waals surface area contributed by atoms with Crippen LogP contribution in [0.25, 0.3) is 0 Å². The Hall–Kier alpha value is -3.91. The molecule has 0 radical (unpaired) electrons. The zero-order chi connectivity index (χ0) is 40.1. The monoisotopic (exact) mass is 820 g/mol. The van der Waals surface area contributed by atoms with Crippen LogP contribution >= 0.6 is 0 Å². The number of nitrogens with two attached hydrogens (primary N) is 2. The lowest BCUT2D eigenvalue weighted by Gasteiger charge is -2.19. The van der Waals surface area contributed by atoms with Crippen molar-refractivity contribution in [1.82, 2.24) is 0 Å². The third kappa shape index (κ3) is 9.56. The fourth-order valence-electron chi connectivity index (χ4n) is 6.68. The van der Waals surface area contributed by atoms with E-state index in [1.165, 1.54) is 61.1 Å². The fourth-order valence-corrected chi connectivity index (χ4v) is 8.79. The molecule has 15 nitrogen and oxygen atoms in total. The van der Waals surface area contributed by atoms with Gasteiger partial charge in [-0.2, -0.15) is 0 Å². The van der Waals surface area contributed by atoms with Gasteiger partial charge in [-0.1, -0.05) is 19.1 Å². The molecule has 3 saturated carbocycles. The first-order valence-electron chi connectivity index (χ1n) is 17.8. The highest BCUT2D eigenvalue weighted by Gasteiger charge is 2.45. The maximum Gasteiger partial charge on any atom is 0.271 e. The van der Waals surface area contributed by atoms with Crippen LogP contribution in [0.3, 0.4) is 0 Å². The number of fused-ring (bicyclic) bond motifs is 1. The van der Waals surface area contributed by atoms with E-state index in [-0.39, 0.29) is 33.7 Å². The second kappa shape index (κ2) is 14.9. The Kier molecular flexibility index (Phi) is 11.0. The standard InChI is InChI=1S/C24H28O5S.C7H9NO4S.C6H7NO4S/c1-15(16-5-6-16)20-8-7-17-3-2-4-21(17)22(20)12-19(25)14-30(27,28)23-11-18(13-29-23)24(26)9-10-24;8-13(10,11)6-3-5(4-12-6)7(9)1-2-7;1-4(8)5-2-6(11-3-5)12(7,9)10/h7-8,11,13,15-16,26H,2-6,9-10,12,14H2,1H3;3-4,9H,1-2H2,(H2,8,10,11);2-3H,1H3,(H2,7,9,10)/t15-;;/m1../s1. The molecule has 8 rings (SSSR count). The Bertz CT molecular complexity index is 2450. The van der Waals surface area contributed by atoms with Gasteiger partial charge in [0.05, 0.1) is 29.3 Å². The number of carbonyl (C=O) groups excluding carboxylic acids is 2. The van der Waals surface area contributed by atoms with E-state index in [9.17, 15) is 45.1 Å². The van der Waals surface area contributed by atoms with E-state index < -0.39 is 51.9 Å². The molecular weight excluding hydrogens is 777 g/mol. The summed E-state index contributed by atoms with van der Waals surface area (Å²) in [6.45, 7) is 3.53. The average molecular weight is 821 g/mol. The summed E-state index contributed by atoms with van der Waals surface area (Å²) in [7, 11) is -11.5. The van der Waals surface area contributed by atoms with E-state index in [2.05, 4.69) is 23.5 Å². The summed E-state index contributed by atoms with van der Waals surface area (Å²) in [6, 6.07) is 8.10. The number of sulfonamides is 2. The van der Waals surface area contributed by atoms with Gasteiger partial charge in [-0.15, -0.1) is 0 Å². The summed E-state index contributed by atoms with van der Waals surface area (Å²) in [6.07, 6.45) is 11.8. The number of furan rings is 3. The summed E-state index contributed by atoms with van der Waals surface area (Å²) in [5.41, 5.74) is 4.18. The number of primary sulfonamides is 2. The van der Waals surface area contributed by atoms with E-state index in [4.69, 9.17) is 19.1 Å². The molecule has 298 valence electrons. The maximum atomic E-state index is 12.9. The largest absolute Gasteiger partial charge is 0.453 e. The van der Waals surface area contributed by atoms with Gasteiger partial charge in [0.2, 0.25) is 25.1 Å². The molecule has 3 aromatic heterocycles. The van der Waals surface area contributed by atoms with Crippen molar-refractivity contribution < 1.29 is 58.3 Å². The number of aryl methyl sites for hydroxylation is 1. The number of ketones is 2. The van der Waals surface area contributed by atoms with Gasteiger partial charge in [-0.3, -0.25) is 9.59 Å². The molecule has 0 spiro atoms. The Labute approximate surface area is 319 Å². The van der Waals surface area contributed by atoms with Crippen molar-refractivity contribution in [3.05, 3.63) is 88.1 Å². The minimum Gasteiger partial charge on any atom is -0.453 e. The van der Waals surface area contributed by atoms with Crippen molar-refractivity contribution in [3.63, 3.8) is 0 Å². The van der Waals surface area contributed by atoms with Crippen LogP contribution in [0.4, 0.5) is 0 Å². The minimum atomic E-state index is -3.87. The molecule has 3 heterocycles. The van der Waals surface area contributed by atoms with Crippen LogP contribution < -0.4 is 10.3 Å². The first-order valence-corrected chi connectivity index (χ1v) is 22.5. The minimum absolute atomic E-state index is 0.159. The Morgan fingerprint density at radius 2 is 1.33 bits per heavy atom. The van der Waals surface area contributed by atoms with Crippen molar-refractivity contribution in [2.45, 2.75) is 110 Å². The highest BCUT2D eigenvalue weighted by atomic mass is 32.2. The quantitative estimate of drug-likeness (QED) is 0.148. The third-order valence-electron chi connectivity index (χ3n) is 10.5. The van der Waals surface area contributed by atoms with Crippen LogP contribution in [0.2, 0.25) is 0 Å². The van der Waals surface area contributed by atoms with E-state index >= 15 is 0 Å². The summed E-state index contributed by atoms with van der Waals surface area (Å²) in [4.78, 5) is 23.6. The van der Waals surface area contributed by atoms with E-state index in [1.807, 2.05) is 0 Å². The molecule has 1 atom stereocenters. The molecule has 0 amide bonds. The summed E-state index contributed by atoms with van der Waals surface area (Å²) < 4.78 is 82.9. The number of hydrogen-bond donors (Lipinski definition) is 4. The first kappa shape index (κ1) is 40.7. The smallest absolute Gasteiger partial charge is 0.271 e. The van der Waals surface area contributed by atoms with Crippen LogP contribution in [0.15, 0.2) is 77.6 Å². The highest BCUT2D eigenvalue weighted by molar-refractivity contribution is 7.92. The van der Waals surface area contributed by atoms with Gasteiger partial charge in [0, 0.05) is 35.7 Å². The number of sulfone groups is 1. The van der Waals surface area contributed by atoms with Gasteiger partial charge in [-0.25, -0.2) is 35.5 Å². The third-order valence-corrected chi connectivity index (χ3v) is 13.6. The van der Waals surface area contributed by atoms with Crippen LogP contribution in [-0.4, -0.2) is 52.8 Å². The average Bonchev–Trinajstić information content (AvgIpc) is 3.95. The molecule has 0 saturated heterocycles. The first-order chi connectivity index (χ1) is 25.6. The summed E-state index contributed by atoms with van der Waals surface area (Å²) in [5.74, 6) is -0.0606. The van der Waals surface area contributed by atoms with E-state index in [1.54, 1.807) is 0 Å². The summed E-state index contributed by atoms with van der Waals surface area (Å²) >= 11 is 0. The Morgan fingerprint density at radius 3 is 1.80 bits per heavy atom. The van der Waals surface area contributed by atoms with Crippen molar-refractivity contribution in [3.8, 4) is 0 Å². The molecule has 4 aliphatic rings. The molecule has 0 aliphatic heterocycles. The number of aliphatic hydroxyl groups is 2. The number of rotatable bonds is 12. The second-order valence-corrected chi connectivity index (χ2v) is 19.8. The zero-order valence-corrected chi connectivity index (χ0v) is 32.8. The molecule has 1 aromatic carbocycles. The van der Waals surface area contributed by atoms with Crippen molar-refractivity contribution >= 4 is 41.5 Å².